The number of nitrogens with zero attached hydrogens (tertiary/aromatic N) is 1. The quantitative estimate of drug-likeness (QED) is 0.767. The van der Waals surface area contributed by atoms with Crippen molar-refractivity contribution < 1.29 is 9.47 Å². The number of rotatable bonds is 4. The average Bonchev–Trinajstić information content (AvgIpc) is 2.63. The molecule has 1 aliphatic carbocycles. The minimum absolute atomic E-state index is 0.0324. The summed E-state index contributed by atoms with van der Waals surface area (Å²) in [6.07, 6.45) is 11.4. The standard InChI is InChI=1S/C20H25NO2/c21-15-17-7-11-19(12-8-17)18-9-5-16(6-10-18)3-1-4-20-22-13-2-14-23-20/h1,3,7-8,11-12,16,18,20H,2,4-6,9-10,13-14H2/b3-1+/t16-,18-. The van der Waals surface area contributed by atoms with Crippen molar-refractivity contribution in [3.63, 3.8) is 0 Å². The SMILES string of the molecule is N#Cc1ccc([C@H]2CC[C@H](/C=C/CC3OCCCO3)CC2)cc1. The highest BCUT2D eigenvalue weighted by Crippen LogP contribution is 2.36. The Morgan fingerprint density at radius 2 is 1.74 bits per heavy atom. The van der Waals surface area contributed by atoms with Crippen molar-refractivity contribution in [3.8, 4) is 6.07 Å². The Labute approximate surface area is 138 Å². The second kappa shape index (κ2) is 8.29. The van der Waals surface area contributed by atoms with Crippen LogP contribution in [0, 0.1) is 17.2 Å². The molecule has 1 saturated heterocycles. The molecule has 1 aromatic carbocycles. The second-order valence-corrected chi connectivity index (χ2v) is 6.53. The van der Waals surface area contributed by atoms with Crippen LogP contribution in [0.1, 0.15) is 55.6 Å². The largest absolute Gasteiger partial charge is 0.352 e. The van der Waals surface area contributed by atoms with Gasteiger partial charge in [-0.25, -0.2) is 0 Å². The molecule has 122 valence electrons. The average molecular weight is 311 g/mol. The van der Waals surface area contributed by atoms with Crippen LogP contribution in [0.2, 0.25) is 0 Å². The van der Waals surface area contributed by atoms with Gasteiger partial charge in [-0.15, -0.1) is 0 Å². The minimum Gasteiger partial charge on any atom is -0.352 e. The first-order valence-electron chi connectivity index (χ1n) is 8.75. The van der Waals surface area contributed by atoms with E-state index in [0.29, 0.717) is 11.8 Å². The molecule has 2 fully saturated rings. The summed E-state index contributed by atoms with van der Waals surface area (Å²) in [5.74, 6) is 1.34. The van der Waals surface area contributed by atoms with Gasteiger partial charge in [-0.1, -0.05) is 24.3 Å². The molecular weight excluding hydrogens is 286 g/mol. The molecule has 2 aliphatic rings. The monoisotopic (exact) mass is 311 g/mol. The number of ether oxygens (including phenoxy) is 2. The molecule has 1 saturated carbocycles. The lowest BCUT2D eigenvalue weighted by atomic mass is 9.78. The Hall–Kier alpha value is -1.63. The number of hydrogen-bond donors (Lipinski definition) is 0. The molecule has 0 spiro atoms. The van der Waals surface area contributed by atoms with Crippen LogP contribution in [-0.2, 0) is 9.47 Å². The number of allylic oxidation sites excluding steroid dienone is 1. The van der Waals surface area contributed by atoms with Gasteiger partial charge in [-0.3, -0.25) is 0 Å². The highest BCUT2D eigenvalue weighted by Gasteiger charge is 2.21. The zero-order valence-electron chi connectivity index (χ0n) is 13.6. The predicted molar refractivity (Wildman–Crippen MR) is 89.9 cm³/mol. The van der Waals surface area contributed by atoms with E-state index in [1.54, 1.807) is 0 Å². The molecule has 0 N–H and O–H groups in total. The molecule has 0 amide bonds. The summed E-state index contributed by atoms with van der Waals surface area (Å²) in [5.41, 5.74) is 2.13. The van der Waals surface area contributed by atoms with Crippen LogP contribution in [0.15, 0.2) is 36.4 Å². The Bertz CT molecular complexity index is 544. The maximum absolute atomic E-state index is 8.87. The maximum atomic E-state index is 8.87. The normalized spacial score (nSPS) is 26.2. The fourth-order valence-corrected chi connectivity index (χ4v) is 3.53. The first kappa shape index (κ1) is 16.2. The van der Waals surface area contributed by atoms with E-state index >= 15 is 0 Å². The molecule has 1 aliphatic heterocycles. The lowest BCUT2D eigenvalue weighted by Gasteiger charge is -2.27. The van der Waals surface area contributed by atoms with E-state index in [0.717, 1.165) is 31.6 Å². The first-order valence-corrected chi connectivity index (χ1v) is 8.75. The summed E-state index contributed by atoms with van der Waals surface area (Å²) in [5, 5.41) is 8.87. The van der Waals surface area contributed by atoms with Gasteiger partial charge >= 0.3 is 0 Å². The highest BCUT2D eigenvalue weighted by atomic mass is 16.7. The van der Waals surface area contributed by atoms with Crippen LogP contribution in [-0.4, -0.2) is 19.5 Å². The molecule has 0 unspecified atom stereocenters. The first-order chi connectivity index (χ1) is 11.3. The van der Waals surface area contributed by atoms with E-state index in [-0.39, 0.29) is 6.29 Å². The fraction of sp³-hybridized carbons (Fsp3) is 0.550. The predicted octanol–water partition coefficient (Wildman–Crippen LogP) is 4.54. The molecule has 0 aromatic heterocycles. The number of benzene rings is 1. The molecule has 1 aromatic rings. The van der Waals surface area contributed by atoms with Crippen LogP contribution >= 0.6 is 0 Å². The van der Waals surface area contributed by atoms with E-state index in [4.69, 9.17) is 14.7 Å². The summed E-state index contributed by atoms with van der Waals surface area (Å²) >= 11 is 0. The van der Waals surface area contributed by atoms with Gasteiger partial charge in [0.1, 0.15) is 0 Å². The van der Waals surface area contributed by atoms with Crippen molar-refractivity contribution in [1.29, 1.82) is 5.26 Å². The van der Waals surface area contributed by atoms with Crippen LogP contribution in [0.25, 0.3) is 0 Å². The summed E-state index contributed by atoms with van der Waals surface area (Å²) < 4.78 is 11.1. The third-order valence-corrected chi connectivity index (χ3v) is 4.92. The molecule has 0 radical (unpaired) electrons. The maximum Gasteiger partial charge on any atom is 0.160 e. The smallest absolute Gasteiger partial charge is 0.160 e. The third kappa shape index (κ3) is 4.67. The van der Waals surface area contributed by atoms with Gasteiger partial charge in [0.15, 0.2) is 6.29 Å². The van der Waals surface area contributed by atoms with Crippen LogP contribution in [0.4, 0.5) is 0 Å². The lowest BCUT2D eigenvalue weighted by molar-refractivity contribution is -0.175. The van der Waals surface area contributed by atoms with E-state index in [2.05, 4.69) is 30.4 Å². The Kier molecular flexibility index (Phi) is 5.85. The minimum atomic E-state index is -0.0324. The van der Waals surface area contributed by atoms with Gasteiger partial charge in [0.25, 0.3) is 0 Å². The van der Waals surface area contributed by atoms with Crippen molar-refractivity contribution >= 4 is 0 Å². The van der Waals surface area contributed by atoms with Crippen molar-refractivity contribution in [2.75, 3.05) is 13.2 Å². The summed E-state index contributed by atoms with van der Waals surface area (Å²) in [6, 6.07) is 10.3. The molecule has 0 bridgehead atoms. The molecule has 3 heteroatoms. The Morgan fingerprint density at radius 1 is 1.04 bits per heavy atom. The fourth-order valence-electron chi connectivity index (χ4n) is 3.53. The van der Waals surface area contributed by atoms with Crippen molar-refractivity contribution in [3.05, 3.63) is 47.5 Å². The molecule has 1 heterocycles. The molecule has 23 heavy (non-hydrogen) atoms. The molecular formula is C20H25NO2. The summed E-state index contributed by atoms with van der Waals surface area (Å²) in [7, 11) is 0. The van der Waals surface area contributed by atoms with Crippen molar-refractivity contribution in [2.24, 2.45) is 5.92 Å². The second-order valence-electron chi connectivity index (χ2n) is 6.53. The third-order valence-electron chi connectivity index (χ3n) is 4.92. The number of nitriles is 1. The van der Waals surface area contributed by atoms with Gasteiger partial charge in [0.05, 0.1) is 24.8 Å². The zero-order chi connectivity index (χ0) is 15.9. The van der Waals surface area contributed by atoms with Gasteiger partial charge < -0.3 is 9.47 Å². The van der Waals surface area contributed by atoms with Gasteiger partial charge in [-0.2, -0.15) is 5.26 Å². The summed E-state index contributed by atoms with van der Waals surface area (Å²) in [4.78, 5) is 0. The Balaban J connectivity index is 1.43. The number of hydrogen-bond acceptors (Lipinski definition) is 3. The van der Waals surface area contributed by atoms with Gasteiger partial charge in [0, 0.05) is 6.42 Å². The van der Waals surface area contributed by atoms with Crippen LogP contribution < -0.4 is 0 Å². The van der Waals surface area contributed by atoms with Gasteiger partial charge in [-0.05, 0) is 61.6 Å². The molecule has 0 atom stereocenters. The molecule has 3 rings (SSSR count). The van der Waals surface area contributed by atoms with E-state index in [1.807, 2.05) is 12.1 Å². The summed E-state index contributed by atoms with van der Waals surface area (Å²) in [6.45, 7) is 1.66. The van der Waals surface area contributed by atoms with Crippen LogP contribution in [0.5, 0.6) is 0 Å². The molecule has 3 nitrogen and oxygen atoms in total. The van der Waals surface area contributed by atoms with Crippen LogP contribution in [0.3, 0.4) is 0 Å². The van der Waals surface area contributed by atoms with E-state index in [9.17, 15) is 0 Å². The van der Waals surface area contributed by atoms with E-state index in [1.165, 1.54) is 31.2 Å². The van der Waals surface area contributed by atoms with Crippen molar-refractivity contribution in [2.45, 2.75) is 50.7 Å². The van der Waals surface area contributed by atoms with Gasteiger partial charge in [0.2, 0.25) is 0 Å². The topological polar surface area (TPSA) is 42.2 Å². The Morgan fingerprint density at radius 3 is 2.39 bits per heavy atom. The van der Waals surface area contributed by atoms with E-state index < -0.39 is 0 Å². The zero-order valence-corrected chi connectivity index (χ0v) is 13.6. The highest BCUT2D eigenvalue weighted by molar-refractivity contribution is 5.33. The van der Waals surface area contributed by atoms with Crippen molar-refractivity contribution in [1.82, 2.24) is 0 Å². The lowest BCUT2D eigenvalue weighted by Crippen LogP contribution is -2.24.